The lowest BCUT2D eigenvalue weighted by atomic mass is 9.90. The van der Waals surface area contributed by atoms with E-state index in [1.165, 1.54) is 0 Å². The normalized spacial score (nSPS) is 22.4. The molecule has 2 N–H and O–H groups in total. The molecule has 1 aromatic heterocycles. The largest absolute Gasteiger partial charge is 0.496 e. The Kier molecular flexibility index (Phi) is 7.12. The maximum atomic E-state index is 13.6. The second-order valence-corrected chi connectivity index (χ2v) is 10.1. The van der Waals surface area contributed by atoms with Crippen LogP contribution < -0.4 is 15.4 Å². The van der Waals surface area contributed by atoms with E-state index in [9.17, 15) is 4.79 Å². The number of aromatic nitrogens is 1. The van der Waals surface area contributed by atoms with Crippen molar-refractivity contribution in [3.8, 4) is 5.75 Å². The van der Waals surface area contributed by atoms with E-state index in [4.69, 9.17) is 22.1 Å². The summed E-state index contributed by atoms with van der Waals surface area (Å²) in [6.45, 7) is 1.54. The molecule has 2 aliphatic rings. The van der Waals surface area contributed by atoms with Gasteiger partial charge in [-0.05, 0) is 74.9 Å². The van der Waals surface area contributed by atoms with E-state index in [1.807, 2.05) is 47.5 Å². The summed E-state index contributed by atoms with van der Waals surface area (Å²) in [5.41, 5.74) is 8.92. The van der Waals surface area contributed by atoms with Crippen LogP contribution in [0.15, 0.2) is 54.7 Å². The molecule has 3 aromatic rings. The minimum atomic E-state index is 0.0435. The quantitative estimate of drug-likeness (QED) is 0.507. The average molecular weight is 493 g/mol. The van der Waals surface area contributed by atoms with Crippen molar-refractivity contribution in [2.24, 2.45) is 5.73 Å². The highest BCUT2D eigenvalue weighted by atomic mass is 35.5. The number of nitrogens with two attached hydrogens (primary N) is 1. The predicted molar refractivity (Wildman–Crippen MR) is 141 cm³/mol. The van der Waals surface area contributed by atoms with Crippen LogP contribution in [0.1, 0.15) is 48.9 Å². The third-order valence-corrected chi connectivity index (χ3v) is 7.79. The number of amides is 1. The van der Waals surface area contributed by atoms with Gasteiger partial charge in [0.1, 0.15) is 5.75 Å². The van der Waals surface area contributed by atoms with Gasteiger partial charge < -0.3 is 20.3 Å². The van der Waals surface area contributed by atoms with Gasteiger partial charge in [0.15, 0.2) is 0 Å². The summed E-state index contributed by atoms with van der Waals surface area (Å²) in [7, 11) is 1.61. The van der Waals surface area contributed by atoms with E-state index in [0.717, 1.165) is 68.2 Å². The highest BCUT2D eigenvalue weighted by Crippen LogP contribution is 2.35. The number of anilines is 1. The predicted octanol–water partition coefficient (Wildman–Crippen LogP) is 5.28. The third kappa shape index (κ3) is 4.95. The summed E-state index contributed by atoms with van der Waals surface area (Å²) in [5, 5.41) is 1.77. The number of hydrogen-bond acceptors (Lipinski definition) is 5. The molecule has 184 valence electrons. The van der Waals surface area contributed by atoms with E-state index in [2.05, 4.69) is 22.0 Å². The Morgan fingerprint density at radius 1 is 1.14 bits per heavy atom. The van der Waals surface area contributed by atoms with Gasteiger partial charge in [0.2, 0.25) is 0 Å². The Hall–Kier alpha value is -2.83. The third-order valence-electron chi connectivity index (χ3n) is 7.56. The number of likely N-dealkylation sites (tertiary alicyclic amines) is 1. The fraction of sp³-hybridized carbons (Fsp3) is 0.429. The molecule has 35 heavy (non-hydrogen) atoms. The van der Waals surface area contributed by atoms with Crippen molar-refractivity contribution in [1.29, 1.82) is 0 Å². The molecule has 2 aromatic carbocycles. The second-order valence-electron chi connectivity index (χ2n) is 9.71. The number of pyridine rings is 1. The Bertz CT molecular complexity index is 1190. The number of nitrogens with zero attached hydrogens (tertiary/aromatic N) is 3. The monoisotopic (exact) mass is 492 g/mol. The van der Waals surface area contributed by atoms with Crippen LogP contribution >= 0.6 is 11.6 Å². The SMILES string of the molecule is COc1ccccc1C(=O)N1CCC[C@@H]1CN(c1ccnc2cc(Cl)ccc12)C1CCC(N)CC1. The molecule has 2 heterocycles. The number of carbonyl (C=O) groups is 1. The smallest absolute Gasteiger partial charge is 0.257 e. The lowest BCUT2D eigenvalue weighted by molar-refractivity contribution is 0.0735. The zero-order chi connectivity index (χ0) is 24.4. The minimum Gasteiger partial charge on any atom is -0.496 e. The van der Waals surface area contributed by atoms with Crippen LogP contribution in [0.3, 0.4) is 0 Å². The van der Waals surface area contributed by atoms with Gasteiger partial charge in [0.05, 0.1) is 18.2 Å². The van der Waals surface area contributed by atoms with Crippen molar-refractivity contribution in [3.63, 3.8) is 0 Å². The van der Waals surface area contributed by atoms with Crippen molar-refractivity contribution in [1.82, 2.24) is 9.88 Å². The minimum absolute atomic E-state index is 0.0435. The van der Waals surface area contributed by atoms with Gasteiger partial charge in [-0.15, -0.1) is 0 Å². The summed E-state index contributed by atoms with van der Waals surface area (Å²) in [6, 6.07) is 16.3. The topological polar surface area (TPSA) is 71.7 Å². The number of methoxy groups -OCH3 is 1. The number of benzene rings is 2. The average Bonchev–Trinajstić information content (AvgIpc) is 3.35. The van der Waals surface area contributed by atoms with E-state index in [0.29, 0.717) is 22.4 Å². The van der Waals surface area contributed by atoms with Gasteiger partial charge in [-0.25, -0.2) is 0 Å². The Morgan fingerprint density at radius 2 is 1.94 bits per heavy atom. The Balaban J connectivity index is 1.48. The summed E-state index contributed by atoms with van der Waals surface area (Å²) >= 11 is 6.27. The number of para-hydroxylation sites is 1. The molecule has 0 radical (unpaired) electrons. The van der Waals surface area contributed by atoms with Crippen LogP contribution in [0.4, 0.5) is 5.69 Å². The number of halogens is 1. The molecule has 1 atom stereocenters. The first kappa shape index (κ1) is 23.9. The molecule has 1 aliphatic carbocycles. The molecule has 5 rings (SSSR count). The molecular formula is C28H33ClN4O2. The summed E-state index contributed by atoms with van der Waals surface area (Å²) in [5.74, 6) is 0.667. The van der Waals surface area contributed by atoms with Gasteiger partial charge in [0, 0.05) is 53.5 Å². The fourth-order valence-electron chi connectivity index (χ4n) is 5.71. The van der Waals surface area contributed by atoms with Crippen LogP contribution in [0.2, 0.25) is 5.02 Å². The highest BCUT2D eigenvalue weighted by Gasteiger charge is 2.35. The fourth-order valence-corrected chi connectivity index (χ4v) is 5.88. The maximum absolute atomic E-state index is 13.6. The van der Waals surface area contributed by atoms with Crippen molar-refractivity contribution in [3.05, 3.63) is 65.3 Å². The molecule has 1 saturated heterocycles. The van der Waals surface area contributed by atoms with Gasteiger partial charge >= 0.3 is 0 Å². The first-order chi connectivity index (χ1) is 17.0. The van der Waals surface area contributed by atoms with Gasteiger partial charge in [-0.3, -0.25) is 9.78 Å². The zero-order valence-electron chi connectivity index (χ0n) is 20.2. The standard InChI is InChI=1S/C28H33ClN4O2/c1-35-27-7-3-2-6-24(27)28(34)32-16-4-5-22(32)18-33(21-11-9-20(30)10-12-21)26-14-15-31-25-17-19(29)8-13-23(25)26/h2-3,6-8,13-15,17,20-22H,4-5,9-12,16,18,30H2,1H3/t20?,21?,22-/m1/s1. The molecule has 0 spiro atoms. The molecule has 1 amide bonds. The Morgan fingerprint density at radius 3 is 2.74 bits per heavy atom. The summed E-state index contributed by atoms with van der Waals surface area (Å²) in [4.78, 5) is 22.7. The van der Waals surface area contributed by atoms with Crippen LogP contribution in [-0.2, 0) is 0 Å². The van der Waals surface area contributed by atoms with Crippen molar-refractivity contribution in [2.45, 2.75) is 56.7 Å². The zero-order valence-corrected chi connectivity index (χ0v) is 21.0. The molecule has 6 nitrogen and oxygen atoms in total. The van der Waals surface area contributed by atoms with Crippen LogP contribution in [-0.4, -0.2) is 54.1 Å². The summed E-state index contributed by atoms with van der Waals surface area (Å²) in [6.07, 6.45) is 7.98. The van der Waals surface area contributed by atoms with Crippen molar-refractivity contribution in [2.75, 3.05) is 25.1 Å². The highest BCUT2D eigenvalue weighted by molar-refractivity contribution is 6.31. The van der Waals surface area contributed by atoms with E-state index >= 15 is 0 Å². The second kappa shape index (κ2) is 10.4. The maximum Gasteiger partial charge on any atom is 0.257 e. The Labute approximate surface area is 212 Å². The van der Waals surface area contributed by atoms with Gasteiger partial charge in [0.25, 0.3) is 5.91 Å². The molecule has 7 heteroatoms. The molecular weight excluding hydrogens is 460 g/mol. The summed E-state index contributed by atoms with van der Waals surface area (Å²) < 4.78 is 5.49. The van der Waals surface area contributed by atoms with Crippen LogP contribution in [0, 0.1) is 0 Å². The number of hydrogen-bond donors (Lipinski definition) is 1. The molecule has 1 saturated carbocycles. The van der Waals surface area contributed by atoms with Gasteiger partial charge in [-0.1, -0.05) is 23.7 Å². The lowest BCUT2D eigenvalue weighted by Gasteiger charge is -2.41. The number of carbonyl (C=O) groups excluding carboxylic acids is 1. The van der Waals surface area contributed by atoms with E-state index < -0.39 is 0 Å². The van der Waals surface area contributed by atoms with Crippen LogP contribution in [0.5, 0.6) is 5.75 Å². The molecule has 2 fully saturated rings. The number of rotatable bonds is 6. The molecule has 0 unspecified atom stereocenters. The van der Waals surface area contributed by atoms with Crippen LogP contribution in [0.25, 0.3) is 10.9 Å². The van der Waals surface area contributed by atoms with Crippen molar-refractivity contribution >= 4 is 34.1 Å². The number of ether oxygens (including phenoxy) is 1. The molecule has 1 aliphatic heterocycles. The van der Waals surface area contributed by atoms with E-state index in [1.54, 1.807) is 7.11 Å². The first-order valence-corrected chi connectivity index (χ1v) is 12.9. The number of fused-ring (bicyclic) bond motifs is 1. The van der Waals surface area contributed by atoms with E-state index in [-0.39, 0.29) is 18.0 Å². The van der Waals surface area contributed by atoms with Crippen molar-refractivity contribution < 1.29 is 9.53 Å². The lowest BCUT2D eigenvalue weighted by Crippen LogP contribution is -2.48. The first-order valence-electron chi connectivity index (χ1n) is 12.6. The van der Waals surface area contributed by atoms with Gasteiger partial charge in [-0.2, -0.15) is 0 Å². The molecule has 0 bridgehead atoms.